The standard InChI is InChI=1S/C41H56/c1-11-18-23-35(17-7)40(33(8)20-13-3)29-25-36(26-30-40)39(9,10)37-27-31-41(32-28-37,34(16-6)21-14-4)38(22-15-5)24-19-12-2/h11-24,36-37H,1-6,25-32H2,7-10H3/b23-18-,24-19-,33-20+,34-21+,35-17+,38-22+. The van der Waals surface area contributed by atoms with Gasteiger partial charge in [-0.15, -0.1) is 0 Å². The zero-order valence-electron chi connectivity index (χ0n) is 26.6. The van der Waals surface area contributed by atoms with E-state index in [1.54, 1.807) is 0 Å². The van der Waals surface area contributed by atoms with Crippen LogP contribution in [0.1, 0.15) is 79.1 Å². The highest BCUT2D eigenvalue weighted by Gasteiger charge is 2.48. The van der Waals surface area contributed by atoms with Crippen molar-refractivity contribution in [1.29, 1.82) is 0 Å². The van der Waals surface area contributed by atoms with E-state index in [1.165, 1.54) is 60.8 Å². The fourth-order valence-corrected chi connectivity index (χ4v) is 7.96. The molecule has 0 unspecified atom stereocenters. The van der Waals surface area contributed by atoms with Gasteiger partial charge in [0, 0.05) is 10.8 Å². The third kappa shape index (κ3) is 7.40. The van der Waals surface area contributed by atoms with Crippen LogP contribution in [-0.4, -0.2) is 0 Å². The minimum atomic E-state index is -0.0805. The largest absolute Gasteiger partial charge is 0.0991 e. The lowest BCUT2D eigenvalue weighted by Crippen LogP contribution is -2.42. The second-order valence-electron chi connectivity index (χ2n) is 12.5. The van der Waals surface area contributed by atoms with E-state index < -0.39 is 0 Å². The number of allylic oxidation sites excluding steroid dienone is 18. The summed E-state index contributed by atoms with van der Waals surface area (Å²) in [5.74, 6) is 1.39. The van der Waals surface area contributed by atoms with Crippen LogP contribution in [0, 0.1) is 28.1 Å². The van der Waals surface area contributed by atoms with Crippen LogP contribution in [0.25, 0.3) is 0 Å². The molecule has 0 amide bonds. The molecule has 2 aliphatic rings. The van der Waals surface area contributed by atoms with Crippen LogP contribution < -0.4 is 0 Å². The predicted octanol–water partition coefficient (Wildman–Crippen LogP) is 12.3. The molecule has 41 heavy (non-hydrogen) atoms. The molecule has 0 spiro atoms. The lowest BCUT2D eigenvalue weighted by Gasteiger charge is -2.52. The van der Waals surface area contributed by atoms with Crippen LogP contribution in [-0.2, 0) is 0 Å². The van der Waals surface area contributed by atoms with Crippen molar-refractivity contribution in [3.05, 3.63) is 147 Å². The van der Waals surface area contributed by atoms with Crippen molar-refractivity contribution in [3.8, 4) is 0 Å². The molecule has 0 radical (unpaired) electrons. The van der Waals surface area contributed by atoms with E-state index in [0.717, 1.165) is 12.8 Å². The summed E-state index contributed by atoms with van der Waals surface area (Å²) < 4.78 is 0. The summed E-state index contributed by atoms with van der Waals surface area (Å²) in [5, 5.41) is 0. The van der Waals surface area contributed by atoms with E-state index in [-0.39, 0.29) is 16.2 Å². The molecule has 2 fully saturated rings. The van der Waals surface area contributed by atoms with Gasteiger partial charge >= 0.3 is 0 Å². The van der Waals surface area contributed by atoms with E-state index in [9.17, 15) is 0 Å². The van der Waals surface area contributed by atoms with Gasteiger partial charge in [0.05, 0.1) is 0 Å². The van der Waals surface area contributed by atoms with Gasteiger partial charge in [0.15, 0.2) is 0 Å². The molecule has 2 rings (SSSR count). The Morgan fingerprint density at radius 1 is 0.610 bits per heavy atom. The number of rotatable bonds is 14. The first-order chi connectivity index (χ1) is 19.7. The predicted molar refractivity (Wildman–Crippen MR) is 186 cm³/mol. The van der Waals surface area contributed by atoms with Crippen LogP contribution >= 0.6 is 0 Å². The Bertz CT molecular complexity index is 1130. The van der Waals surface area contributed by atoms with Crippen molar-refractivity contribution in [3.63, 3.8) is 0 Å². The summed E-state index contributed by atoms with van der Waals surface area (Å²) in [4.78, 5) is 0. The Kier molecular flexibility index (Phi) is 13.1. The first kappa shape index (κ1) is 34.1. The first-order valence-corrected chi connectivity index (χ1v) is 15.5. The molecule has 220 valence electrons. The zero-order valence-corrected chi connectivity index (χ0v) is 26.6. The Hall–Kier alpha value is -3.12. The maximum Gasteiger partial charge on any atom is 0.0202 e. The maximum absolute atomic E-state index is 4.21. The van der Waals surface area contributed by atoms with Gasteiger partial charge in [-0.1, -0.05) is 144 Å². The normalized spacial score (nSPS) is 28.9. The summed E-state index contributed by atoms with van der Waals surface area (Å²) in [6, 6.07) is 0. The fraction of sp³-hybridized carbons (Fsp3) is 0.415. The third-order valence-corrected chi connectivity index (χ3v) is 10.5. The van der Waals surface area contributed by atoms with Crippen molar-refractivity contribution in [2.24, 2.45) is 28.1 Å². The van der Waals surface area contributed by atoms with Crippen molar-refractivity contribution < 1.29 is 0 Å². The summed E-state index contributed by atoms with van der Waals surface area (Å²) in [7, 11) is 0. The maximum atomic E-state index is 4.21. The second-order valence-corrected chi connectivity index (χ2v) is 12.5. The molecular weight excluding hydrogens is 492 g/mol. The summed E-state index contributed by atoms with van der Waals surface area (Å²) in [6.45, 7) is 33.6. The van der Waals surface area contributed by atoms with Gasteiger partial charge in [-0.05, 0) is 99.2 Å². The van der Waals surface area contributed by atoms with E-state index in [0.29, 0.717) is 11.8 Å². The van der Waals surface area contributed by atoms with Crippen LogP contribution in [0.3, 0.4) is 0 Å². The molecule has 2 saturated carbocycles. The Morgan fingerprint density at radius 2 is 1.05 bits per heavy atom. The second kappa shape index (κ2) is 15.8. The van der Waals surface area contributed by atoms with Gasteiger partial charge in [0.1, 0.15) is 0 Å². The SMILES string of the molecule is C=C/C=C\C(=C/C)C1(/C(C)=C/C=C)CCC(C(C)(C)C2CCC(/C(C=C)=C/C=C)(C(/C=C\C=C)=C/C=C)CC2)CC1. The topological polar surface area (TPSA) is 0 Å². The molecule has 0 aromatic rings. The van der Waals surface area contributed by atoms with Gasteiger partial charge in [0.25, 0.3) is 0 Å². The Labute approximate surface area is 253 Å². The van der Waals surface area contributed by atoms with E-state index in [2.05, 4.69) is 110 Å². The van der Waals surface area contributed by atoms with Crippen LogP contribution in [0.15, 0.2) is 147 Å². The fourth-order valence-electron chi connectivity index (χ4n) is 7.96. The van der Waals surface area contributed by atoms with Crippen LogP contribution in [0.5, 0.6) is 0 Å². The Morgan fingerprint density at radius 3 is 1.46 bits per heavy atom. The van der Waals surface area contributed by atoms with Gasteiger partial charge in [-0.3, -0.25) is 0 Å². The summed E-state index contributed by atoms with van der Waals surface area (Å²) >= 11 is 0. The van der Waals surface area contributed by atoms with Crippen LogP contribution in [0.2, 0.25) is 0 Å². The highest BCUT2D eigenvalue weighted by atomic mass is 14.5. The van der Waals surface area contributed by atoms with E-state index in [1.807, 2.05) is 42.5 Å². The molecule has 0 bridgehead atoms. The molecule has 0 aliphatic heterocycles. The van der Waals surface area contributed by atoms with Gasteiger partial charge in [-0.25, -0.2) is 0 Å². The average molecular weight is 549 g/mol. The minimum absolute atomic E-state index is 0.0764. The highest BCUT2D eigenvalue weighted by Crippen LogP contribution is 2.59. The molecule has 0 heteroatoms. The van der Waals surface area contributed by atoms with Crippen molar-refractivity contribution in [2.45, 2.75) is 79.1 Å². The summed E-state index contributed by atoms with van der Waals surface area (Å²) in [6.07, 6.45) is 38.4. The lowest BCUT2D eigenvalue weighted by molar-refractivity contribution is 0.0265. The molecule has 2 aliphatic carbocycles. The number of hydrogen-bond donors (Lipinski definition) is 0. The minimum Gasteiger partial charge on any atom is -0.0991 e. The Balaban J connectivity index is 2.36. The van der Waals surface area contributed by atoms with Crippen LogP contribution in [0.4, 0.5) is 0 Å². The van der Waals surface area contributed by atoms with Crippen molar-refractivity contribution in [2.75, 3.05) is 0 Å². The van der Waals surface area contributed by atoms with Crippen molar-refractivity contribution >= 4 is 0 Å². The van der Waals surface area contributed by atoms with E-state index in [4.69, 9.17) is 0 Å². The highest BCUT2D eigenvalue weighted by molar-refractivity contribution is 5.45. The summed E-state index contributed by atoms with van der Waals surface area (Å²) in [5.41, 5.74) is 5.64. The molecule has 0 aromatic carbocycles. The molecule has 0 heterocycles. The zero-order chi connectivity index (χ0) is 30.5. The molecule has 0 nitrogen and oxygen atoms in total. The van der Waals surface area contributed by atoms with E-state index >= 15 is 0 Å². The number of hydrogen-bond acceptors (Lipinski definition) is 0. The van der Waals surface area contributed by atoms with Gasteiger partial charge < -0.3 is 0 Å². The van der Waals surface area contributed by atoms with Gasteiger partial charge in [0.2, 0.25) is 0 Å². The monoisotopic (exact) mass is 548 g/mol. The molecule has 0 atom stereocenters. The van der Waals surface area contributed by atoms with Crippen molar-refractivity contribution in [1.82, 2.24) is 0 Å². The molecule has 0 aromatic heterocycles. The third-order valence-electron chi connectivity index (χ3n) is 10.5. The quantitative estimate of drug-likeness (QED) is 0.189. The lowest BCUT2D eigenvalue weighted by atomic mass is 9.52. The first-order valence-electron chi connectivity index (χ1n) is 15.5. The molecule has 0 saturated heterocycles. The average Bonchev–Trinajstić information content (AvgIpc) is 2.98. The smallest absolute Gasteiger partial charge is 0.0202 e. The molecular formula is C41H56. The molecule has 0 N–H and O–H groups in total. The van der Waals surface area contributed by atoms with Gasteiger partial charge in [-0.2, -0.15) is 0 Å².